The molecular weight excluding hydrogens is 367 g/mol. The lowest BCUT2D eigenvalue weighted by molar-refractivity contribution is -0.170. The summed E-state index contributed by atoms with van der Waals surface area (Å²) in [5.41, 5.74) is 0.277. The van der Waals surface area contributed by atoms with E-state index in [2.05, 4.69) is 6.92 Å². The number of nitrogens with zero attached hydrogens (tertiary/aromatic N) is 1. The summed E-state index contributed by atoms with van der Waals surface area (Å²) in [7, 11) is 0. The highest BCUT2D eigenvalue weighted by Gasteiger charge is 2.42. The van der Waals surface area contributed by atoms with Crippen LogP contribution in [0.2, 0.25) is 0 Å². The quantitative estimate of drug-likeness (QED) is 0.337. The first-order valence-corrected chi connectivity index (χ1v) is 9.33. The summed E-state index contributed by atoms with van der Waals surface area (Å²) in [6, 6.07) is 5.25. The molecule has 0 unspecified atom stereocenters. The van der Waals surface area contributed by atoms with Gasteiger partial charge < -0.3 is 4.90 Å². The number of unbranched alkanes of at least 4 members (excludes halogenated alkanes) is 7. The number of hydrogen-bond acceptors (Lipinski definition) is 2. The third-order valence-corrected chi connectivity index (χ3v) is 4.35. The van der Waals surface area contributed by atoms with Gasteiger partial charge >= 0.3 is 12.1 Å². The van der Waals surface area contributed by atoms with E-state index in [4.69, 9.17) is 11.6 Å². The summed E-state index contributed by atoms with van der Waals surface area (Å²) in [6.07, 6.45) is 3.00. The molecule has 0 spiro atoms. The number of carbonyl (C=O) groups excluding carboxylic acids is 2. The van der Waals surface area contributed by atoms with Gasteiger partial charge in [0.05, 0.1) is 0 Å². The van der Waals surface area contributed by atoms with E-state index in [9.17, 15) is 22.8 Å². The van der Waals surface area contributed by atoms with Crippen molar-refractivity contribution >= 4 is 28.4 Å². The summed E-state index contributed by atoms with van der Waals surface area (Å²) >= 11 is 5.33. The van der Waals surface area contributed by atoms with Crippen LogP contribution in [0.1, 0.15) is 68.6 Å². The average molecular weight is 392 g/mol. The lowest BCUT2D eigenvalue weighted by Crippen LogP contribution is -2.41. The first kappa shape index (κ1) is 22.5. The highest BCUT2D eigenvalue weighted by atomic mass is 35.5. The van der Waals surface area contributed by atoms with E-state index in [1.807, 2.05) is 0 Å². The van der Waals surface area contributed by atoms with E-state index in [1.165, 1.54) is 43.5 Å². The van der Waals surface area contributed by atoms with Crippen LogP contribution in [0.5, 0.6) is 0 Å². The zero-order chi connectivity index (χ0) is 19.6. The molecule has 26 heavy (non-hydrogen) atoms. The minimum atomic E-state index is -4.94. The molecule has 1 rings (SSSR count). The number of carbonyl (C=O) groups is 2. The Labute approximate surface area is 157 Å². The third-order valence-electron chi connectivity index (χ3n) is 4.13. The van der Waals surface area contributed by atoms with Crippen LogP contribution in [0.15, 0.2) is 24.3 Å². The molecule has 7 heteroatoms. The number of benzene rings is 1. The van der Waals surface area contributed by atoms with E-state index in [-0.39, 0.29) is 17.8 Å². The van der Waals surface area contributed by atoms with Crippen LogP contribution >= 0.6 is 11.6 Å². The smallest absolute Gasteiger partial charge is 0.305 e. The zero-order valence-electron chi connectivity index (χ0n) is 14.9. The van der Waals surface area contributed by atoms with E-state index in [0.29, 0.717) is 6.42 Å². The Morgan fingerprint density at radius 3 is 1.88 bits per heavy atom. The maximum Gasteiger partial charge on any atom is 0.471 e. The van der Waals surface area contributed by atoms with Crippen LogP contribution in [0.25, 0.3) is 0 Å². The van der Waals surface area contributed by atoms with Gasteiger partial charge in [0.2, 0.25) is 0 Å². The van der Waals surface area contributed by atoms with E-state index >= 15 is 0 Å². The molecule has 0 saturated carbocycles. The molecule has 1 amide bonds. The van der Waals surface area contributed by atoms with Gasteiger partial charge in [0, 0.05) is 17.8 Å². The molecule has 3 nitrogen and oxygen atoms in total. The SMILES string of the molecule is CCCCCCCCCCN(C(=O)C(F)(F)F)c1ccc(C(=O)Cl)cc1. The second kappa shape index (κ2) is 11.2. The van der Waals surface area contributed by atoms with Crippen LogP contribution < -0.4 is 4.90 Å². The maximum atomic E-state index is 12.9. The van der Waals surface area contributed by atoms with Gasteiger partial charge in [-0.05, 0) is 42.3 Å². The number of anilines is 1. The zero-order valence-corrected chi connectivity index (χ0v) is 15.7. The second-order valence-electron chi connectivity index (χ2n) is 6.25. The molecule has 0 aromatic heterocycles. The predicted molar refractivity (Wildman–Crippen MR) is 97.6 cm³/mol. The van der Waals surface area contributed by atoms with Crippen molar-refractivity contribution in [2.45, 2.75) is 64.5 Å². The van der Waals surface area contributed by atoms with Gasteiger partial charge in [-0.15, -0.1) is 0 Å². The fraction of sp³-hybridized carbons (Fsp3) is 0.579. The van der Waals surface area contributed by atoms with Crippen molar-refractivity contribution in [1.82, 2.24) is 0 Å². The number of alkyl halides is 3. The van der Waals surface area contributed by atoms with Crippen molar-refractivity contribution in [2.75, 3.05) is 11.4 Å². The summed E-state index contributed by atoms with van der Waals surface area (Å²) in [5.74, 6) is -1.90. The van der Waals surface area contributed by atoms with Gasteiger partial charge in [-0.2, -0.15) is 13.2 Å². The number of halogens is 4. The van der Waals surface area contributed by atoms with Crippen molar-refractivity contribution in [3.8, 4) is 0 Å². The first-order valence-electron chi connectivity index (χ1n) is 8.96. The van der Waals surface area contributed by atoms with Crippen LogP contribution in [0.3, 0.4) is 0 Å². The molecule has 1 aromatic rings. The molecule has 146 valence electrons. The third kappa shape index (κ3) is 7.77. The Morgan fingerprint density at radius 1 is 0.923 bits per heavy atom. The number of amides is 1. The summed E-state index contributed by atoms with van der Waals surface area (Å²) in [4.78, 5) is 23.5. The molecule has 0 N–H and O–H groups in total. The van der Waals surface area contributed by atoms with Crippen molar-refractivity contribution in [3.05, 3.63) is 29.8 Å². The van der Waals surface area contributed by atoms with E-state index < -0.39 is 17.3 Å². The summed E-state index contributed by atoms with van der Waals surface area (Å²) in [6.45, 7) is 2.13. The molecule has 0 bridgehead atoms. The number of hydrogen-bond donors (Lipinski definition) is 0. The van der Waals surface area contributed by atoms with Gasteiger partial charge in [0.15, 0.2) is 0 Å². The standard InChI is InChI=1S/C19H25ClF3NO2/c1-2-3-4-5-6-7-8-9-14-24(18(26)19(21,22)23)16-12-10-15(11-13-16)17(20)25/h10-13H,2-9,14H2,1H3. The molecule has 0 fully saturated rings. The first-order chi connectivity index (χ1) is 12.3. The van der Waals surface area contributed by atoms with Gasteiger partial charge in [0.1, 0.15) is 0 Å². The predicted octanol–water partition coefficient (Wildman–Crippen LogP) is 6.10. The van der Waals surface area contributed by atoms with Gasteiger partial charge in [-0.3, -0.25) is 9.59 Å². The minimum Gasteiger partial charge on any atom is -0.305 e. The topological polar surface area (TPSA) is 37.4 Å². The molecule has 0 atom stereocenters. The summed E-state index contributed by atoms with van der Waals surface area (Å²) < 4.78 is 38.6. The minimum absolute atomic E-state index is 0.0124. The number of rotatable bonds is 11. The lowest BCUT2D eigenvalue weighted by Gasteiger charge is -2.24. The van der Waals surface area contributed by atoms with Crippen molar-refractivity contribution in [3.63, 3.8) is 0 Å². The molecule has 0 radical (unpaired) electrons. The monoisotopic (exact) mass is 391 g/mol. The van der Waals surface area contributed by atoms with Gasteiger partial charge in [-0.1, -0.05) is 51.9 Å². The van der Waals surface area contributed by atoms with Crippen molar-refractivity contribution in [2.24, 2.45) is 0 Å². The van der Waals surface area contributed by atoms with Crippen LogP contribution in [-0.4, -0.2) is 23.9 Å². The van der Waals surface area contributed by atoms with Crippen LogP contribution in [0, 0.1) is 0 Å². The maximum absolute atomic E-state index is 12.9. The molecule has 0 aliphatic heterocycles. The van der Waals surface area contributed by atoms with Crippen molar-refractivity contribution < 1.29 is 22.8 Å². The molecule has 0 aliphatic rings. The largest absolute Gasteiger partial charge is 0.471 e. The second-order valence-corrected chi connectivity index (χ2v) is 6.59. The fourth-order valence-corrected chi connectivity index (χ4v) is 2.80. The Morgan fingerprint density at radius 2 is 1.42 bits per heavy atom. The molecular formula is C19H25ClF3NO2. The molecule has 0 heterocycles. The van der Waals surface area contributed by atoms with E-state index in [1.54, 1.807) is 0 Å². The van der Waals surface area contributed by atoms with Crippen LogP contribution in [0.4, 0.5) is 18.9 Å². The highest BCUT2D eigenvalue weighted by molar-refractivity contribution is 6.67. The summed E-state index contributed by atoms with van der Waals surface area (Å²) in [5, 5.41) is -0.701. The van der Waals surface area contributed by atoms with E-state index in [0.717, 1.165) is 30.6 Å². The Hall–Kier alpha value is -1.56. The van der Waals surface area contributed by atoms with Gasteiger partial charge in [-0.25, -0.2) is 0 Å². The Kier molecular flexibility index (Phi) is 9.70. The average Bonchev–Trinajstić information content (AvgIpc) is 2.59. The lowest BCUT2D eigenvalue weighted by atomic mass is 10.1. The Bertz CT molecular complexity index is 573. The molecule has 1 aromatic carbocycles. The normalized spacial score (nSPS) is 11.4. The fourth-order valence-electron chi connectivity index (χ4n) is 2.68. The van der Waals surface area contributed by atoms with Crippen molar-refractivity contribution in [1.29, 1.82) is 0 Å². The highest BCUT2D eigenvalue weighted by Crippen LogP contribution is 2.25. The molecule has 0 saturated heterocycles. The molecule has 0 aliphatic carbocycles. The van der Waals surface area contributed by atoms with Gasteiger partial charge in [0.25, 0.3) is 5.24 Å². The van der Waals surface area contributed by atoms with Crippen LogP contribution in [-0.2, 0) is 4.79 Å². The Balaban J connectivity index is 2.63.